The van der Waals surface area contributed by atoms with Gasteiger partial charge in [0.1, 0.15) is 22.9 Å². The highest BCUT2D eigenvalue weighted by Gasteiger charge is 2.25. The van der Waals surface area contributed by atoms with Crippen LogP contribution in [0.1, 0.15) is 0 Å². The molecule has 0 saturated heterocycles. The van der Waals surface area contributed by atoms with Gasteiger partial charge in [0.2, 0.25) is 0 Å². The van der Waals surface area contributed by atoms with Crippen molar-refractivity contribution in [1.29, 1.82) is 0 Å². The average molecular weight is 402 g/mol. The molecule has 150 valence electrons. The molecule has 0 aliphatic carbocycles. The Bertz CT molecular complexity index is 1150. The molecule has 0 unspecified atom stereocenters. The highest BCUT2D eigenvalue weighted by Crippen LogP contribution is 2.31. The van der Waals surface area contributed by atoms with Crippen LogP contribution in [0.15, 0.2) is 47.5 Å². The summed E-state index contributed by atoms with van der Waals surface area (Å²) in [7, 11) is 2.78. The molecule has 0 radical (unpaired) electrons. The summed E-state index contributed by atoms with van der Waals surface area (Å²) < 4.78 is 10.1. The molecule has 13 nitrogen and oxygen atoms in total. The van der Waals surface area contributed by atoms with Gasteiger partial charge in [0.05, 0.1) is 24.2 Å². The van der Waals surface area contributed by atoms with E-state index in [0.717, 1.165) is 10.9 Å². The van der Waals surface area contributed by atoms with Crippen LogP contribution in [0, 0.1) is 20.2 Å². The monoisotopic (exact) mass is 402 g/mol. The second kappa shape index (κ2) is 7.67. The number of hydrogen-bond acceptors (Lipinski definition) is 9. The number of nitro benzene ring substituents is 1. The summed E-state index contributed by atoms with van der Waals surface area (Å²) in [6, 6.07) is 9.72. The molecule has 29 heavy (non-hydrogen) atoms. The first-order valence-corrected chi connectivity index (χ1v) is 7.93. The van der Waals surface area contributed by atoms with Crippen LogP contribution in [0.25, 0.3) is 5.69 Å². The van der Waals surface area contributed by atoms with Gasteiger partial charge in [-0.3, -0.25) is 10.1 Å². The van der Waals surface area contributed by atoms with E-state index in [2.05, 4.69) is 10.1 Å². The molecule has 0 fully saturated rings. The Kier molecular flexibility index (Phi) is 5.12. The van der Waals surface area contributed by atoms with E-state index in [1.165, 1.54) is 38.5 Å². The molecule has 0 amide bonds. The maximum absolute atomic E-state index is 11.4. The molecule has 3 aromatic rings. The Labute approximate surface area is 161 Å². The molecule has 0 spiro atoms. The Hall–Kier alpha value is -4.42. The van der Waals surface area contributed by atoms with E-state index < -0.39 is 21.2 Å². The second-order valence-corrected chi connectivity index (χ2v) is 5.51. The maximum Gasteiger partial charge on any atom is 0.438 e. The Morgan fingerprint density at radius 3 is 2.28 bits per heavy atom. The Balaban J connectivity index is 2.24. The normalized spacial score (nSPS) is 11.3. The van der Waals surface area contributed by atoms with Crippen molar-refractivity contribution in [3.05, 3.63) is 68.2 Å². The molecule has 3 rings (SSSR count). The second-order valence-electron chi connectivity index (χ2n) is 5.51. The van der Waals surface area contributed by atoms with Crippen LogP contribution in [0.5, 0.6) is 11.5 Å². The molecule has 2 aromatic carbocycles. The van der Waals surface area contributed by atoms with Crippen LogP contribution in [0.3, 0.4) is 0 Å². The van der Waals surface area contributed by atoms with Gasteiger partial charge in [0.25, 0.3) is 11.2 Å². The number of hydrogen-bond donors (Lipinski definition) is 1. The van der Waals surface area contributed by atoms with Gasteiger partial charge in [-0.05, 0) is 40.1 Å². The van der Waals surface area contributed by atoms with Gasteiger partial charge >= 0.3 is 5.82 Å². The third kappa shape index (κ3) is 3.69. The van der Waals surface area contributed by atoms with Crippen LogP contribution in [0.4, 0.5) is 17.2 Å². The molecule has 0 saturated carbocycles. The summed E-state index contributed by atoms with van der Waals surface area (Å²) in [5, 5.41) is 36.7. The average Bonchev–Trinajstić information content (AvgIpc) is 3.04. The first kappa shape index (κ1) is 19.3. The van der Waals surface area contributed by atoms with Crippen LogP contribution >= 0.6 is 0 Å². The molecule has 0 bridgehead atoms. The van der Waals surface area contributed by atoms with E-state index in [-0.39, 0.29) is 22.8 Å². The lowest BCUT2D eigenvalue weighted by molar-refractivity contribution is -0.391. The number of methoxy groups -OCH3 is 2. The molecule has 1 N–H and O–H groups in total. The lowest BCUT2D eigenvalue weighted by atomic mass is 10.2. The number of benzene rings is 2. The molecule has 0 aliphatic rings. The first-order valence-electron chi connectivity index (χ1n) is 7.93. The highest BCUT2D eigenvalue weighted by molar-refractivity contribution is 5.57. The minimum atomic E-state index is -0.838. The molecule has 0 aliphatic heterocycles. The van der Waals surface area contributed by atoms with Crippen molar-refractivity contribution in [2.24, 2.45) is 4.99 Å². The lowest BCUT2D eigenvalue weighted by Gasteiger charge is -2.04. The zero-order chi connectivity index (χ0) is 21.1. The predicted molar refractivity (Wildman–Crippen MR) is 96.8 cm³/mol. The summed E-state index contributed by atoms with van der Waals surface area (Å²) in [6.45, 7) is 0. The van der Waals surface area contributed by atoms with Gasteiger partial charge in [-0.2, -0.15) is 0 Å². The van der Waals surface area contributed by atoms with Gasteiger partial charge in [-0.15, -0.1) is 0 Å². The molecular formula is C16H14N6O7. The van der Waals surface area contributed by atoms with Gasteiger partial charge in [0, 0.05) is 12.1 Å². The van der Waals surface area contributed by atoms with E-state index in [4.69, 9.17) is 9.47 Å². The van der Waals surface area contributed by atoms with Crippen LogP contribution in [-0.4, -0.2) is 44.0 Å². The van der Waals surface area contributed by atoms with Crippen molar-refractivity contribution in [3.8, 4) is 17.2 Å². The maximum atomic E-state index is 11.4. The topological polar surface area (TPSA) is 160 Å². The fourth-order valence-corrected chi connectivity index (χ4v) is 2.44. The zero-order valence-electron chi connectivity index (χ0n) is 15.1. The Morgan fingerprint density at radius 1 is 1.03 bits per heavy atom. The number of ether oxygens (including phenoxy) is 2. The quantitative estimate of drug-likeness (QED) is 0.372. The SMILES string of the molecule is COc1ccc(-n2nc([N+](=O)[O-])c(=Nc3cc([N+](=O)[O-])ccc3OC)n2O)cc1. The standard InChI is InChI=1S/C16H14N6O7/c1-28-12-6-3-10(4-7-12)19-18-16(22(26)27)15(20(19)23)17-13-9-11(21(24)25)5-8-14(13)29-2/h3-9,23H,1-2H3. The molecule has 13 heteroatoms. The summed E-state index contributed by atoms with van der Waals surface area (Å²) in [5.41, 5.74) is -0.672. The third-order valence-corrected chi connectivity index (χ3v) is 3.83. The number of nitrogens with zero attached hydrogens (tertiary/aromatic N) is 6. The van der Waals surface area contributed by atoms with Crippen molar-refractivity contribution in [2.45, 2.75) is 0 Å². The van der Waals surface area contributed by atoms with E-state index in [1.54, 1.807) is 12.1 Å². The molecule has 0 atom stereocenters. The van der Waals surface area contributed by atoms with Crippen LogP contribution < -0.4 is 15.0 Å². The number of aromatic nitrogens is 3. The predicted octanol–water partition coefficient (Wildman–Crippen LogP) is 1.98. The van der Waals surface area contributed by atoms with Crippen LogP contribution in [-0.2, 0) is 0 Å². The minimum absolute atomic E-state index is 0.0955. The van der Waals surface area contributed by atoms with E-state index in [0.29, 0.717) is 10.6 Å². The number of non-ortho nitro benzene ring substituents is 1. The van der Waals surface area contributed by atoms with Crippen LogP contribution in [0.2, 0.25) is 0 Å². The first-order chi connectivity index (χ1) is 13.8. The Morgan fingerprint density at radius 2 is 1.72 bits per heavy atom. The summed E-state index contributed by atoms with van der Waals surface area (Å²) >= 11 is 0. The van der Waals surface area contributed by atoms with Gasteiger partial charge in [-0.25, -0.2) is 4.99 Å². The fourth-order valence-electron chi connectivity index (χ4n) is 2.44. The highest BCUT2D eigenvalue weighted by atomic mass is 16.6. The zero-order valence-corrected chi connectivity index (χ0v) is 15.1. The minimum Gasteiger partial charge on any atom is -0.497 e. The lowest BCUT2D eigenvalue weighted by Crippen LogP contribution is -2.22. The van der Waals surface area contributed by atoms with E-state index in [9.17, 15) is 25.4 Å². The van der Waals surface area contributed by atoms with E-state index >= 15 is 0 Å². The smallest absolute Gasteiger partial charge is 0.438 e. The molecule has 1 aromatic heterocycles. The molecular weight excluding hydrogens is 388 g/mol. The number of nitro groups is 2. The van der Waals surface area contributed by atoms with Gasteiger partial charge < -0.3 is 24.8 Å². The van der Waals surface area contributed by atoms with Crippen molar-refractivity contribution >= 4 is 17.2 Å². The fraction of sp³-hybridized carbons (Fsp3) is 0.125. The van der Waals surface area contributed by atoms with Crippen molar-refractivity contribution < 1.29 is 24.5 Å². The third-order valence-electron chi connectivity index (χ3n) is 3.83. The van der Waals surface area contributed by atoms with E-state index in [1.807, 2.05) is 0 Å². The summed E-state index contributed by atoms with van der Waals surface area (Å²) in [6.07, 6.45) is 0. The van der Waals surface area contributed by atoms with Crippen molar-refractivity contribution in [1.82, 2.24) is 14.7 Å². The van der Waals surface area contributed by atoms with Crippen molar-refractivity contribution in [3.63, 3.8) is 0 Å². The van der Waals surface area contributed by atoms with Crippen molar-refractivity contribution in [2.75, 3.05) is 14.2 Å². The largest absolute Gasteiger partial charge is 0.497 e. The number of rotatable bonds is 6. The van der Waals surface area contributed by atoms with Gasteiger partial charge in [0.15, 0.2) is 0 Å². The summed E-state index contributed by atoms with van der Waals surface area (Å²) in [4.78, 5) is 26.2. The van der Waals surface area contributed by atoms with Gasteiger partial charge in [-0.1, -0.05) is 4.85 Å². The molecule has 1 heterocycles. The summed E-state index contributed by atoms with van der Waals surface area (Å²) in [5.74, 6) is -0.120.